The Bertz CT molecular complexity index is 850. The lowest BCUT2D eigenvalue weighted by molar-refractivity contribution is 0.981. The molecule has 0 unspecified atom stereocenters. The van der Waals surface area contributed by atoms with E-state index in [9.17, 15) is 0 Å². The maximum atomic E-state index is 4.50. The van der Waals surface area contributed by atoms with Gasteiger partial charge in [0.2, 0.25) is 5.95 Å². The van der Waals surface area contributed by atoms with Gasteiger partial charge >= 0.3 is 0 Å². The van der Waals surface area contributed by atoms with Crippen molar-refractivity contribution in [3.63, 3.8) is 0 Å². The molecule has 122 valence electrons. The molecule has 3 rings (SSSR count). The zero-order valence-corrected chi connectivity index (χ0v) is 15.1. The third kappa shape index (κ3) is 3.89. The van der Waals surface area contributed by atoms with E-state index in [-0.39, 0.29) is 0 Å². The number of rotatable bonds is 5. The lowest BCUT2D eigenvalue weighted by Crippen LogP contribution is -2.04. The molecule has 1 heterocycles. The summed E-state index contributed by atoms with van der Waals surface area (Å²) in [5.41, 5.74) is 4.40. The molecule has 0 saturated heterocycles. The Balaban J connectivity index is 1.84. The number of nitrogens with one attached hydrogen (secondary N) is 2. The molecule has 3 aromatic rings. The fraction of sp³-hybridized carbons (Fsp3) is 0.167. The molecule has 1 aromatic heterocycles. The van der Waals surface area contributed by atoms with Crippen molar-refractivity contribution in [1.29, 1.82) is 0 Å². The number of para-hydroxylation sites is 1. The van der Waals surface area contributed by atoms with Crippen LogP contribution < -0.4 is 10.6 Å². The summed E-state index contributed by atoms with van der Waals surface area (Å²) >= 11 is 3.45. The largest absolute Gasteiger partial charge is 0.338 e. The van der Waals surface area contributed by atoms with E-state index in [1.807, 2.05) is 24.3 Å². The van der Waals surface area contributed by atoms with Gasteiger partial charge < -0.3 is 10.6 Å². The molecule has 0 bridgehead atoms. The van der Waals surface area contributed by atoms with Crippen LogP contribution in [0.25, 0.3) is 0 Å². The molecule has 24 heavy (non-hydrogen) atoms. The number of anilines is 4. The van der Waals surface area contributed by atoms with Gasteiger partial charge in [-0.05, 0) is 42.7 Å². The molecule has 0 aliphatic heterocycles. The SMILES string of the molecule is CCc1cccc(C)c1Nc1cnnc(Nc2cccc(Br)c2)n1. The molecule has 0 saturated carbocycles. The van der Waals surface area contributed by atoms with Crippen LogP contribution in [0.3, 0.4) is 0 Å². The maximum absolute atomic E-state index is 4.50. The number of aromatic nitrogens is 3. The van der Waals surface area contributed by atoms with Gasteiger partial charge in [-0.1, -0.05) is 47.1 Å². The van der Waals surface area contributed by atoms with Gasteiger partial charge in [-0.3, -0.25) is 0 Å². The van der Waals surface area contributed by atoms with Crippen LogP contribution in [-0.2, 0) is 6.42 Å². The Morgan fingerprint density at radius 1 is 1.08 bits per heavy atom. The summed E-state index contributed by atoms with van der Waals surface area (Å²) in [4.78, 5) is 4.50. The monoisotopic (exact) mass is 383 g/mol. The molecule has 0 aliphatic carbocycles. The van der Waals surface area contributed by atoms with Crippen molar-refractivity contribution >= 4 is 39.1 Å². The van der Waals surface area contributed by atoms with Gasteiger partial charge in [0.05, 0.1) is 6.20 Å². The third-order valence-electron chi connectivity index (χ3n) is 3.63. The van der Waals surface area contributed by atoms with E-state index in [0.717, 1.165) is 22.3 Å². The summed E-state index contributed by atoms with van der Waals surface area (Å²) < 4.78 is 0.988. The van der Waals surface area contributed by atoms with Crippen LogP contribution in [0.5, 0.6) is 0 Å². The van der Waals surface area contributed by atoms with Crippen LogP contribution in [0.15, 0.2) is 53.1 Å². The van der Waals surface area contributed by atoms with E-state index in [1.165, 1.54) is 11.1 Å². The van der Waals surface area contributed by atoms with Gasteiger partial charge in [0, 0.05) is 15.8 Å². The quantitative estimate of drug-likeness (QED) is 0.649. The van der Waals surface area contributed by atoms with Gasteiger partial charge in [0.25, 0.3) is 0 Å². The lowest BCUT2D eigenvalue weighted by atomic mass is 10.1. The minimum Gasteiger partial charge on any atom is -0.338 e. The number of halogens is 1. The Morgan fingerprint density at radius 2 is 1.92 bits per heavy atom. The summed E-state index contributed by atoms with van der Waals surface area (Å²) in [7, 11) is 0. The minimum atomic E-state index is 0.449. The zero-order chi connectivity index (χ0) is 16.9. The lowest BCUT2D eigenvalue weighted by Gasteiger charge is -2.13. The van der Waals surface area contributed by atoms with E-state index in [0.29, 0.717) is 11.8 Å². The first-order valence-corrected chi connectivity index (χ1v) is 8.53. The van der Waals surface area contributed by atoms with Crippen molar-refractivity contribution in [2.24, 2.45) is 0 Å². The third-order valence-corrected chi connectivity index (χ3v) is 4.13. The Morgan fingerprint density at radius 3 is 2.71 bits per heavy atom. The molecule has 0 amide bonds. The first-order valence-electron chi connectivity index (χ1n) is 7.73. The summed E-state index contributed by atoms with van der Waals surface area (Å²) in [5, 5.41) is 14.6. The highest BCUT2D eigenvalue weighted by atomic mass is 79.9. The number of aryl methyl sites for hydroxylation is 2. The van der Waals surface area contributed by atoms with Crippen molar-refractivity contribution in [2.45, 2.75) is 20.3 Å². The average molecular weight is 384 g/mol. The predicted molar refractivity (Wildman–Crippen MR) is 101 cm³/mol. The summed E-state index contributed by atoms with van der Waals surface area (Å²) in [6, 6.07) is 14.1. The van der Waals surface area contributed by atoms with E-state index in [2.05, 4.69) is 73.8 Å². The van der Waals surface area contributed by atoms with Crippen molar-refractivity contribution in [3.8, 4) is 0 Å². The van der Waals surface area contributed by atoms with E-state index in [4.69, 9.17) is 0 Å². The molecule has 6 heteroatoms. The van der Waals surface area contributed by atoms with Crippen LogP contribution >= 0.6 is 15.9 Å². The number of benzene rings is 2. The van der Waals surface area contributed by atoms with Gasteiger partial charge in [-0.15, -0.1) is 5.10 Å². The Hall–Kier alpha value is -2.47. The predicted octanol–water partition coefficient (Wildman–Crippen LogP) is 4.99. The highest BCUT2D eigenvalue weighted by molar-refractivity contribution is 9.10. The Labute approximate surface area is 149 Å². The second-order valence-electron chi connectivity index (χ2n) is 5.39. The maximum Gasteiger partial charge on any atom is 0.249 e. The number of hydrogen-bond acceptors (Lipinski definition) is 5. The summed E-state index contributed by atoms with van der Waals surface area (Å²) in [5.74, 6) is 1.11. The van der Waals surface area contributed by atoms with Crippen LogP contribution in [-0.4, -0.2) is 15.2 Å². The first-order chi connectivity index (χ1) is 11.7. The molecule has 2 N–H and O–H groups in total. The Kier molecular flexibility index (Phi) is 5.05. The minimum absolute atomic E-state index is 0.449. The summed E-state index contributed by atoms with van der Waals surface area (Å²) in [6.07, 6.45) is 2.57. The normalized spacial score (nSPS) is 10.5. The first kappa shape index (κ1) is 16.4. The van der Waals surface area contributed by atoms with E-state index < -0.39 is 0 Å². The van der Waals surface area contributed by atoms with Crippen molar-refractivity contribution < 1.29 is 0 Å². The fourth-order valence-electron chi connectivity index (χ4n) is 2.44. The fourth-order valence-corrected chi connectivity index (χ4v) is 2.84. The second-order valence-corrected chi connectivity index (χ2v) is 6.30. The van der Waals surface area contributed by atoms with Crippen LogP contribution in [0.4, 0.5) is 23.1 Å². The molecular weight excluding hydrogens is 366 g/mol. The molecule has 0 aliphatic rings. The molecule has 2 aromatic carbocycles. The standard InChI is InChI=1S/C18H18BrN5/c1-3-13-7-4-6-12(2)17(13)22-16-11-20-24-18(23-16)21-15-9-5-8-14(19)10-15/h4-11H,3H2,1-2H3,(H2,21,22,23,24). The van der Waals surface area contributed by atoms with Crippen molar-refractivity contribution in [3.05, 3.63) is 64.3 Å². The molecule has 0 fully saturated rings. The highest BCUT2D eigenvalue weighted by Crippen LogP contribution is 2.25. The number of hydrogen-bond donors (Lipinski definition) is 2. The van der Waals surface area contributed by atoms with Crippen molar-refractivity contribution in [1.82, 2.24) is 15.2 Å². The van der Waals surface area contributed by atoms with Crippen LogP contribution in [0, 0.1) is 6.92 Å². The molecule has 0 spiro atoms. The smallest absolute Gasteiger partial charge is 0.249 e. The zero-order valence-electron chi connectivity index (χ0n) is 13.5. The molecule has 5 nitrogen and oxygen atoms in total. The van der Waals surface area contributed by atoms with Gasteiger partial charge in [-0.2, -0.15) is 10.1 Å². The number of nitrogens with zero attached hydrogens (tertiary/aromatic N) is 3. The van der Waals surface area contributed by atoms with E-state index >= 15 is 0 Å². The van der Waals surface area contributed by atoms with Gasteiger partial charge in [-0.25, -0.2) is 0 Å². The van der Waals surface area contributed by atoms with Crippen LogP contribution in [0.1, 0.15) is 18.1 Å². The average Bonchev–Trinajstić information content (AvgIpc) is 2.57. The highest BCUT2D eigenvalue weighted by Gasteiger charge is 2.07. The van der Waals surface area contributed by atoms with Crippen molar-refractivity contribution in [2.75, 3.05) is 10.6 Å². The molecule has 0 atom stereocenters. The molecule has 0 radical (unpaired) electrons. The topological polar surface area (TPSA) is 62.7 Å². The van der Waals surface area contributed by atoms with E-state index in [1.54, 1.807) is 6.20 Å². The summed E-state index contributed by atoms with van der Waals surface area (Å²) in [6.45, 7) is 4.22. The second kappa shape index (κ2) is 7.40. The van der Waals surface area contributed by atoms with Crippen LogP contribution in [0.2, 0.25) is 0 Å². The van der Waals surface area contributed by atoms with Gasteiger partial charge in [0.1, 0.15) is 0 Å². The van der Waals surface area contributed by atoms with Gasteiger partial charge in [0.15, 0.2) is 5.82 Å². The molecular formula is C18H18BrN5.